The Morgan fingerprint density at radius 3 is 2.54 bits per heavy atom. The van der Waals surface area contributed by atoms with Gasteiger partial charge in [-0.05, 0) is 80.0 Å². The summed E-state index contributed by atoms with van der Waals surface area (Å²) in [4.78, 5) is 7.09. The number of pyridine rings is 1. The molecule has 1 N–H and O–H groups in total. The molecule has 4 rings (SSSR count). The van der Waals surface area contributed by atoms with E-state index in [1.165, 1.54) is 24.1 Å². The van der Waals surface area contributed by atoms with E-state index in [2.05, 4.69) is 67.2 Å². The van der Waals surface area contributed by atoms with E-state index in [-0.39, 0.29) is 0 Å². The van der Waals surface area contributed by atoms with Crippen molar-refractivity contribution in [1.82, 2.24) is 10.3 Å². The van der Waals surface area contributed by atoms with Gasteiger partial charge in [0, 0.05) is 36.2 Å². The lowest BCUT2D eigenvalue weighted by atomic mass is 9.86. The van der Waals surface area contributed by atoms with Gasteiger partial charge in [0.15, 0.2) is 0 Å². The number of aryl methyl sites for hydroxylation is 2. The zero-order valence-corrected chi connectivity index (χ0v) is 16.6. The van der Waals surface area contributed by atoms with Gasteiger partial charge in [-0.2, -0.15) is 0 Å². The average Bonchev–Trinajstić information content (AvgIpc) is 3.13. The van der Waals surface area contributed by atoms with Crippen LogP contribution in [0.25, 0.3) is 0 Å². The molecule has 3 heteroatoms. The molecule has 3 heterocycles. The molecule has 0 bridgehead atoms. The summed E-state index contributed by atoms with van der Waals surface area (Å²) >= 11 is 0. The van der Waals surface area contributed by atoms with E-state index in [1.807, 2.05) is 0 Å². The van der Waals surface area contributed by atoms with Crippen LogP contribution in [0.15, 0.2) is 24.3 Å². The third-order valence-electron chi connectivity index (χ3n) is 5.93. The number of rotatable bonds is 3. The van der Waals surface area contributed by atoms with Gasteiger partial charge >= 0.3 is 0 Å². The van der Waals surface area contributed by atoms with Crippen LogP contribution in [0, 0.1) is 13.8 Å². The fourth-order valence-corrected chi connectivity index (χ4v) is 4.53. The third-order valence-corrected chi connectivity index (χ3v) is 5.93. The summed E-state index contributed by atoms with van der Waals surface area (Å²) in [5.74, 6) is 0.587. The molecule has 1 fully saturated rings. The van der Waals surface area contributed by atoms with Crippen LogP contribution in [0.1, 0.15) is 72.3 Å². The molecule has 1 aromatic heterocycles. The van der Waals surface area contributed by atoms with Gasteiger partial charge in [-0.3, -0.25) is 4.98 Å². The van der Waals surface area contributed by atoms with Crippen molar-refractivity contribution < 1.29 is 0 Å². The molecule has 0 amide bonds. The predicted molar refractivity (Wildman–Crippen MR) is 109 cm³/mol. The number of anilines is 1. The van der Waals surface area contributed by atoms with Crippen LogP contribution in [0.5, 0.6) is 0 Å². The summed E-state index contributed by atoms with van der Waals surface area (Å²) in [7, 11) is 0. The number of fused-ring (bicyclic) bond motifs is 1. The Hall–Kier alpha value is -1.87. The molecule has 2 aliphatic rings. The monoisotopic (exact) mass is 349 g/mol. The van der Waals surface area contributed by atoms with Crippen LogP contribution < -0.4 is 10.2 Å². The van der Waals surface area contributed by atoms with Crippen LogP contribution in [0.4, 0.5) is 5.69 Å². The summed E-state index contributed by atoms with van der Waals surface area (Å²) in [6.45, 7) is 12.1. The van der Waals surface area contributed by atoms with E-state index in [0.29, 0.717) is 12.0 Å². The smallest absolute Gasteiger partial charge is 0.0435 e. The van der Waals surface area contributed by atoms with Crippen molar-refractivity contribution in [2.75, 3.05) is 18.0 Å². The summed E-state index contributed by atoms with van der Waals surface area (Å²) in [6.07, 6.45) is 3.69. The first kappa shape index (κ1) is 17.5. The number of hydrogen-bond donors (Lipinski definition) is 1. The van der Waals surface area contributed by atoms with Crippen molar-refractivity contribution in [1.29, 1.82) is 0 Å². The summed E-state index contributed by atoms with van der Waals surface area (Å²) in [5, 5.41) is 3.73. The Morgan fingerprint density at radius 2 is 1.88 bits per heavy atom. The first-order chi connectivity index (χ1) is 12.5. The maximum Gasteiger partial charge on any atom is 0.0435 e. The molecular weight excluding hydrogens is 318 g/mol. The fourth-order valence-electron chi connectivity index (χ4n) is 4.53. The number of nitrogens with one attached hydrogen (secondary N) is 1. The zero-order chi connectivity index (χ0) is 18.3. The Bertz CT molecular complexity index is 783. The van der Waals surface area contributed by atoms with E-state index in [1.54, 1.807) is 16.7 Å². The number of hydrogen-bond acceptors (Lipinski definition) is 3. The Kier molecular flexibility index (Phi) is 4.74. The van der Waals surface area contributed by atoms with Crippen molar-refractivity contribution >= 4 is 5.69 Å². The van der Waals surface area contributed by atoms with Gasteiger partial charge in [-0.1, -0.05) is 26.0 Å². The van der Waals surface area contributed by atoms with E-state index in [9.17, 15) is 0 Å². The van der Waals surface area contributed by atoms with Crippen molar-refractivity contribution in [3.8, 4) is 0 Å². The number of benzene rings is 1. The Morgan fingerprint density at radius 1 is 1.12 bits per heavy atom. The standard InChI is InChI=1S/C23H31N3/c1-15(2)19-12-18-7-9-26(20-10-16(3)25-17(4)11-20)14-22(18)21(13-19)23-6-5-8-24-23/h10-13,15,23-24H,5-9,14H2,1-4H3/t23-/m0/s1. The predicted octanol–water partition coefficient (Wildman–Crippen LogP) is 4.81. The third kappa shape index (κ3) is 3.37. The second-order valence-electron chi connectivity index (χ2n) is 8.33. The Labute approximate surface area is 157 Å². The lowest BCUT2D eigenvalue weighted by molar-refractivity contribution is 0.622. The molecule has 138 valence electrons. The minimum atomic E-state index is 0.531. The van der Waals surface area contributed by atoms with Gasteiger partial charge in [0.05, 0.1) is 0 Å². The average molecular weight is 350 g/mol. The minimum Gasteiger partial charge on any atom is -0.367 e. The topological polar surface area (TPSA) is 28.2 Å². The highest BCUT2D eigenvalue weighted by Gasteiger charge is 2.26. The molecule has 0 aliphatic carbocycles. The zero-order valence-electron chi connectivity index (χ0n) is 16.6. The van der Waals surface area contributed by atoms with Crippen LogP contribution in [0.3, 0.4) is 0 Å². The molecule has 0 radical (unpaired) electrons. The second kappa shape index (κ2) is 7.03. The molecule has 0 spiro atoms. The highest BCUT2D eigenvalue weighted by atomic mass is 15.1. The SMILES string of the molecule is Cc1cc(N2CCc3cc(C(C)C)cc([C@@H]4CCCN4)c3C2)cc(C)n1. The van der Waals surface area contributed by atoms with Gasteiger partial charge in [-0.15, -0.1) is 0 Å². The highest BCUT2D eigenvalue weighted by Crippen LogP contribution is 2.35. The molecule has 3 nitrogen and oxygen atoms in total. The lowest BCUT2D eigenvalue weighted by Crippen LogP contribution is -2.32. The van der Waals surface area contributed by atoms with E-state index >= 15 is 0 Å². The van der Waals surface area contributed by atoms with E-state index < -0.39 is 0 Å². The van der Waals surface area contributed by atoms with Gasteiger partial charge < -0.3 is 10.2 Å². The van der Waals surface area contributed by atoms with Crippen molar-refractivity contribution in [2.24, 2.45) is 0 Å². The minimum absolute atomic E-state index is 0.531. The number of nitrogens with zero attached hydrogens (tertiary/aromatic N) is 2. The van der Waals surface area contributed by atoms with E-state index in [4.69, 9.17) is 0 Å². The van der Waals surface area contributed by atoms with Gasteiger partial charge in [0.2, 0.25) is 0 Å². The highest BCUT2D eigenvalue weighted by molar-refractivity contribution is 5.53. The molecule has 2 aliphatic heterocycles. The van der Waals surface area contributed by atoms with Crippen molar-refractivity contribution in [2.45, 2.75) is 65.5 Å². The molecule has 1 atom stereocenters. The lowest BCUT2D eigenvalue weighted by Gasteiger charge is -2.34. The molecule has 0 saturated carbocycles. The van der Waals surface area contributed by atoms with Gasteiger partial charge in [0.25, 0.3) is 0 Å². The van der Waals surface area contributed by atoms with Crippen molar-refractivity contribution in [3.05, 3.63) is 57.9 Å². The molecule has 1 saturated heterocycles. The number of aromatic nitrogens is 1. The summed E-state index contributed by atoms with van der Waals surface area (Å²) in [5.41, 5.74) is 9.72. The fraction of sp³-hybridized carbons (Fsp3) is 0.522. The van der Waals surface area contributed by atoms with E-state index in [0.717, 1.165) is 37.4 Å². The molecule has 26 heavy (non-hydrogen) atoms. The molecular formula is C23H31N3. The van der Waals surface area contributed by atoms with Crippen LogP contribution in [-0.4, -0.2) is 18.1 Å². The maximum absolute atomic E-state index is 4.55. The van der Waals surface area contributed by atoms with Crippen molar-refractivity contribution in [3.63, 3.8) is 0 Å². The summed E-state index contributed by atoms with van der Waals surface area (Å²) < 4.78 is 0. The maximum atomic E-state index is 4.55. The molecule has 2 aromatic rings. The van der Waals surface area contributed by atoms with Crippen LogP contribution >= 0.6 is 0 Å². The quantitative estimate of drug-likeness (QED) is 0.862. The first-order valence-electron chi connectivity index (χ1n) is 10.1. The normalized spacial score (nSPS) is 19.9. The summed E-state index contributed by atoms with van der Waals surface area (Å²) in [6, 6.07) is 9.95. The first-order valence-corrected chi connectivity index (χ1v) is 10.1. The Balaban J connectivity index is 1.73. The second-order valence-corrected chi connectivity index (χ2v) is 8.33. The van der Waals surface area contributed by atoms with Gasteiger partial charge in [-0.25, -0.2) is 0 Å². The van der Waals surface area contributed by atoms with Gasteiger partial charge in [0.1, 0.15) is 0 Å². The van der Waals surface area contributed by atoms with Crippen LogP contribution in [-0.2, 0) is 13.0 Å². The largest absolute Gasteiger partial charge is 0.367 e. The molecule has 1 aromatic carbocycles. The van der Waals surface area contributed by atoms with Crippen LogP contribution in [0.2, 0.25) is 0 Å². The molecule has 0 unspecified atom stereocenters.